The van der Waals surface area contributed by atoms with Crippen LogP contribution in [0.1, 0.15) is 38.8 Å². The fraction of sp³-hybridized carbons (Fsp3) is 0.562. The highest BCUT2D eigenvalue weighted by molar-refractivity contribution is 9.10. The Morgan fingerprint density at radius 1 is 1.25 bits per heavy atom. The van der Waals surface area contributed by atoms with E-state index < -0.39 is 0 Å². The zero-order valence-corrected chi connectivity index (χ0v) is 14.1. The number of hydrogen-bond donors (Lipinski definition) is 1. The number of nitrogens with two attached hydrogens (primary N) is 1. The molecule has 0 saturated heterocycles. The molecule has 0 bridgehead atoms. The van der Waals surface area contributed by atoms with Crippen molar-refractivity contribution in [1.82, 2.24) is 4.90 Å². The second kappa shape index (κ2) is 8.41. The first-order valence-corrected chi connectivity index (χ1v) is 7.87. The average Bonchev–Trinajstić information content (AvgIpc) is 2.37. The molecular formula is C16H24BrN3. The average molecular weight is 338 g/mol. The molecule has 1 aromatic rings. The summed E-state index contributed by atoms with van der Waals surface area (Å²) in [5.74, 6) is 0.547. The van der Waals surface area contributed by atoms with Gasteiger partial charge in [-0.25, -0.2) is 0 Å². The predicted molar refractivity (Wildman–Crippen MR) is 87.2 cm³/mol. The summed E-state index contributed by atoms with van der Waals surface area (Å²) in [6.07, 6.45) is 0.534. The normalized spacial score (nSPS) is 14.3. The van der Waals surface area contributed by atoms with Crippen molar-refractivity contribution >= 4 is 15.9 Å². The molecule has 2 atom stereocenters. The molecule has 3 nitrogen and oxygen atoms in total. The Hall–Kier alpha value is -0.890. The van der Waals surface area contributed by atoms with Crippen LogP contribution in [0.25, 0.3) is 0 Å². The minimum atomic E-state index is 0.0219. The summed E-state index contributed by atoms with van der Waals surface area (Å²) in [6, 6.07) is 10.7. The molecule has 0 aliphatic carbocycles. The zero-order valence-electron chi connectivity index (χ0n) is 12.5. The maximum atomic E-state index is 8.86. The van der Waals surface area contributed by atoms with E-state index in [0.29, 0.717) is 12.3 Å². The third-order valence-electron chi connectivity index (χ3n) is 3.21. The van der Waals surface area contributed by atoms with E-state index in [2.05, 4.69) is 52.9 Å². The van der Waals surface area contributed by atoms with E-state index in [0.717, 1.165) is 17.6 Å². The largest absolute Gasteiger partial charge is 0.326 e. The van der Waals surface area contributed by atoms with Gasteiger partial charge in [0.1, 0.15) is 0 Å². The van der Waals surface area contributed by atoms with Gasteiger partial charge in [0.15, 0.2) is 0 Å². The third kappa shape index (κ3) is 5.24. The van der Waals surface area contributed by atoms with Crippen LogP contribution in [0.15, 0.2) is 28.7 Å². The van der Waals surface area contributed by atoms with Gasteiger partial charge in [0.2, 0.25) is 0 Å². The molecule has 0 aromatic heterocycles. The monoisotopic (exact) mass is 337 g/mol. The topological polar surface area (TPSA) is 53.0 Å². The van der Waals surface area contributed by atoms with Gasteiger partial charge in [-0.05, 0) is 30.5 Å². The minimum Gasteiger partial charge on any atom is -0.326 e. The van der Waals surface area contributed by atoms with Gasteiger partial charge in [-0.2, -0.15) is 5.26 Å². The molecule has 1 aromatic carbocycles. The van der Waals surface area contributed by atoms with E-state index in [1.807, 2.05) is 19.1 Å². The molecule has 0 amide bonds. The van der Waals surface area contributed by atoms with Crippen LogP contribution in [0, 0.1) is 17.2 Å². The Morgan fingerprint density at radius 2 is 1.85 bits per heavy atom. The van der Waals surface area contributed by atoms with Crippen molar-refractivity contribution in [2.24, 2.45) is 11.7 Å². The SMILES string of the molecule is CC(C)CN(CCC#N)C(c1ccc(Br)cc1)C(C)N. The van der Waals surface area contributed by atoms with Crippen LogP contribution >= 0.6 is 15.9 Å². The van der Waals surface area contributed by atoms with Gasteiger partial charge in [0.05, 0.1) is 6.07 Å². The molecule has 0 radical (unpaired) electrons. The first-order chi connectivity index (χ1) is 9.45. The predicted octanol–water partition coefficient (Wildman–Crippen LogP) is 3.71. The lowest BCUT2D eigenvalue weighted by atomic mass is 9.98. The van der Waals surface area contributed by atoms with Gasteiger partial charge in [-0.3, -0.25) is 4.90 Å². The fourth-order valence-corrected chi connectivity index (χ4v) is 2.78. The number of benzene rings is 1. The van der Waals surface area contributed by atoms with Gasteiger partial charge >= 0.3 is 0 Å². The molecule has 2 N–H and O–H groups in total. The molecule has 2 unspecified atom stereocenters. The molecular weight excluding hydrogens is 314 g/mol. The summed E-state index contributed by atoms with van der Waals surface area (Å²) in [7, 11) is 0. The molecule has 0 fully saturated rings. The lowest BCUT2D eigenvalue weighted by Crippen LogP contribution is -2.41. The molecule has 0 aliphatic rings. The number of nitriles is 1. The summed E-state index contributed by atoms with van der Waals surface area (Å²) in [6.45, 7) is 8.13. The summed E-state index contributed by atoms with van der Waals surface area (Å²) in [5, 5.41) is 8.86. The molecule has 0 aliphatic heterocycles. The van der Waals surface area contributed by atoms with Crippen molar-refractivity contribution in [3.05, 3.63) is 34.3 Å². The van der Waals surface area contributed by atoms with Crippen LogP contribution in [0.4, 0.5) is 0 Å². The highest BCUT2D eigenvalue weighted by atomic mass is 79.9. The van der Waals surface area contributed by atoms with E-state index in [4.69, 9.17) is 11.0 Å². The molecule has 110 valence electrons. The lowest BCUT2D eigenvalue weighted by molar-refractivity contribution is 0.160. The highest BCUT2D eigenvalue weighted by Crippen LogP contribution is 2.26. The maximum Gasteiger partial charge on any atom is 0.0635 e. The maximum absolute atomic E-state index is 8.86. The van der Waals surface area contributed by atoms with Crippen LogP contribution in [0.3, 0.4) is 0 Å². The quantitative estimate of drug-likeness (QED) is 0.825. The van der Waals surface area contributed by atoms with E-state index in [-0.39, 0.29) is 12.1 Å². The van der Waals surface area contributed by atoms with Gasteiger partial charge in [0, 0.05) is 36.1 Å². The van der Waals surface area contributed by atoms with Crippen LogP contribution in [0.2, 0.25) is 0 Å². The number of nitrogens with zero attached hydrogens (tertiary/aromatic N) is 2. The molecule has 0 spiro atoms. The highest BCUT2D eigenvalue weighted by Gasteiger charge is 2.24. The molecule has 4 heteroatoms. The second-order valence-electron chi connectivity index (χ2n) is 5.65. The fourth-order valence-electron chi connectivity index (χ4n) is 2.51. The number of halogens is 1. The molecule has 0 saturated carbocycles. The summed E-state index contributed by atoms with van der Waals surface area (Å²) >= 11 is 3.46. The standard InChI is InChI=1S/C16H24BrN3/c1-12(2)11-20(10-4-9-18)16(13(3)19)14-5-7-15(17)8-6-14/h5-8,12-13,16H,4,10-11,19H2,1-3H3. The Balaban J connectivity index is 3.00. The molecule has 20 heavy (non-hydrogen) atoms. The van der Waals surface area contributed by atoms with Crippen molar-refractivity contribution < 1.29 is 0 Å². The van der Waals surface area contributed by atoms with Crippen molar-refractivity contribution in [3.8, 4) is 6.07 Å². The van der Waals surface area contributed by atoms with Crippen molar-refractivity contribution in [2.75, 3.05) is 13.1 Å². The summed E-state index contributed by atoms with van der Waals surface area (Å²) < 4.78 is 1.07. The van der Waals surface area contributed by atoms with Crippen LogP contribution in [-0.2, 0) is 0 Å². The van der Waals surface area contributed by atoms with Gasteiger partial charge in [-0.1, -0.05) is 41.9 Å². The van der Waals surface area contributed by atoms with Gasteiger partial charge < -0.3 is 5.73 Å². The molecule has 0 heterocycles. The Kier molecular flexibility index (Phi) is 7.22. The van der Waals surface area contributed by atoms with Crippen LogP contribution in [-0.4, -0.2) is 24.0 Å². The summed E-state index contributed by atoms with van der Waals surface area (Å²) in [5.41, 5.74) is 7.43. The Morgan fingerprint density at radius 3 is 2.30 bits per heavy atom. The van der Waals surface area contributed by atoms with E-state index in [1.165, 1.54) is 5.56 Å². The van der Waals surface area contributed by atoms with Crippen LogP contribution in [0.5, 0.6) is 0 Å². The summed E-state index contributed by atoms with van der Waals surface area (Å²) in [4.78, 5) is 2.34. The van der Waals surface area contributed by atoms with Crippen molar-refractivity contribution in [3.63, 3.8) is 0 Å². The third-order valence-corrected chi connectivity index (χ3v) is 3.74. The molecule has 1 rings (SSSR count). The number of hydrogen-bond acceptors (Lipinski definition) is 3. The Labute approximate surface area is 130 Å². The first-order valence-electron chi connectivity index (χ1n) is 7.07. The van der Waals surface area contributed by atoms with E-state index in [1.54, 1.807) is 0 Å². The second-order valence-corrected chi connectivity index (χ2v) is 6.57. The zero-order chi connectivity index (χ0) is 15.1. The minimum absolute atomic E-state index is 0.0219. The smallest absolute Gasteiger partial charge is 0.0635 e. The van der Waals surface area contributed by atoms with Crippen molar-refractivity contribution in [2.45, 2.75) is 39.3 Å². The number of rotatable bonds is 7. The van der Waals surface area contributed by atoms with Crippen LogP contribution < -0.4 is 5.73 Å². The van der Waals surface area contributed by atoms with E-state index in [9.17, 15) is 0 Å². The van der Waals surface area contributed by atoms with E-state index >= 15 is 0 Å². The van der Waals surface area contributed by atoms with Gasteiger partial charge in [0.25, 0.3) is 0 Å². The lowest BCUT2D eigenvalue weighted by Gasteiger charge is -2.35. The first kappa shape index (κ1) is 17.2. The Bertz CT molecular complexity index is 434. The van der Waals surface area contributed by atoms with Gasteiger partial charge in [-0.15, -0.1) is 0 Å². The van der Waals surface area contributed by atoms with Crippen molar-refractivity contribution in [1.29, 1.82) is 5.26 Å².